The van der Waals surface area contributed by atoms with Gasteiger partial charge in [-0.15, -0.1) is 0 Å². The number of hydrogen-bond acceptors (Lipinski definition) is 3. The fourth-order valence-corrected chi connectivity index (χ4v) is 3.13. The van der Waals surface area contributed by atoms with Crippen molar-refractivity contribution < 1.29 is 18.7 Å². The molecule has 126 valence electrons. The standard InChI is InChI=1S/C19H20FNO3/c1-3-17-19(20,13-14-7-5-4-6-8-14)24-18(22)21(17)15-9-11-16(23-2)12-10-15/h4-12,17H,3,13H2,1-2H3. The monoisotopic (exact) mass is 329 g/mol. The van der Waals surface area contributed by atoms with Gasteiger partial charge in [0.15, 0.2) is 0 Å². The Hall–Kier alpha value is -2.56. The average molecular weight is 329 g/mol. The van der Waals surface area contributed by atoms with Gasteiger partial charge in [-0.1, -0.05) is 37.3 Å². The number of carbonyl (C=O) groups is 1. The highest BCUT2D eigenvalue weighted by atomic mass is 19.2. The van der Waals surface area contributed by atoms with E-state index in [0.717, 1.165) is 5.56 Å². The lowest BCUT2D eigenvalue weighted by Crippen LogP contribution is -2.43. The van der Waals surface area contributed by atoms with E-state index in [9.17, 15) is 4.79 Å². The van der Waals surface area contributed by atoms with E-state index in [-0.39, 0.29) is 6.42 Å². The normalized spacial score (nSPS) is 23.2. The topological polar surface area (TPSA) is 38.8 Å². The average Bonchev–Trinajstić information content (AvgIpc) is 2.85. The summed E-state index contributed by atoms with van der Waals surface area (Å²) in [7, 11) is 1.57. The van der Waals surface area contributed by atoms with Crippen molar-refractivity contribution in [3.63, 3.8) is 0 Å². The van der Waals surface area contributed by atoms with Crippen molar-refractivity contribution in [2.75, 3.05) is 12.0 Å². The van der Waals surface area contributed by atoms with E-state index in [0.29, 0.717) is 17.9 Å². The minimum absolute atomic E-state index is 0.0325. The fourth-order valence-electron chi connectivity index (χ4n) is 3.13. The summed E-state index contributed by atoms with van der Waals surface area (Å²) >= 11 is 0. The number of benzene rings is 2. The number of halogens is 1. The smallest absolute Gasteiger partial charge is 0.417 e. The summed E-state index contributed by atoms with van der Waals surface area (Å²) in [6.07, 6.45) is -0.184. The van der Waals surface area contributed by atoms with Gasteiger partial charge in [-0.2, -0.15) is 4.39 Å². The van der Waals surface area contributed by atoms with E-state index in [1.54, 1.807) is 31.4 Å². The lowest BCUT2D eigenvalue weighted by molar-refractivity contribution is -0.0791. The van der Waals surface area contributed by atoms with Crippen molar-refractivity contribution in [2.24, 2.45) is 0 Å². The van der Waals surface area contributed by atoms with Crippen LogP contribution in [0, 0.1) is 0 Å². The number of amides is 1. The first-order valence-corrected chi connectivity index (χ1v) is 7.96. The van der Waals surface area contributed by atoms with E-state index in [2.05, 4.69) is 0 Å². The molecule has 2 atom stereocenters. The molecule has 2 unspecified atom stereocenters. The highest BCUT2D eigenvalue weighted by Gasteiger charge is 2.54. The second-order valence-electron chi connectivity index (χ2n) is 5.81. The molecule has 1 saturated heterocycles. The molecule has 0 radical (unpaired) electrons. The van der Waals surface area contributed by atoms with Gasteiger partial charge in [0.2, 0.25) is 0 Å². The molecule has 3 rings (SSSR count). The van der Waals surface area contributed by atoms with Crippen molar-refractivity contribution in [2.45, 2.75) is 31.7 Å². The Bertz CT molecular complexity index is 704. The molecular weight excluding hydrogens is 309 g/mol. The lowest BCUT2D eigenvalue weighted by Gasteiger charge is -2.27. The van der Waals surface area contributed by atoms with Crippen LogP contribution in [0.4, 0.5) is 14.9 Å². The SMILES string of the molecule is CCC1N(c2ccc(OC)cc2)C(=O)OC1(F)Cc1ccccc1. The molecule has 1 fully saturated rings. The number of cyclic esters (lactones) is 1. The third kappa shape index (κ3) is 2.94. The minimum atomic E-state index is -2.05. The molecule has 1 amide bonds. The number of hydrogen-bond donors (Lipinski definition) is 0. The number of nitrogens with zero attached hydrogens (tertiary/aromatic N) is 1. The van der Waals surface area contributed by atoms with Gasteiger partial charge in [0.05, 0.1) is 7.11 Å². The van der Waals surface area contributed by atoms with Gasteiger partial charge in [0, 0.05) is 12.1 Å². The first-order valence-electron chi connectivity index (χ1n) is 7.96. The Labute approximate surface area is 140 Å². The Morgan fingerprint density at radius 1 is 1.17 bits per heavy atom. The quantitative estimate of drug-likeness (QED) is 0.819. The fraction of sp³-hybridized carbons (Fsp3) is 0.316. The summed E-state index contributed by atoms with van der Waals surface area (Å²) in [5, 5.41) is 0. The minimum Gasteiger partial charge on any atom is -0.497 e. The summed E-state index contributed by atoms with van der Waals surface area (Å²) in [6.45, 7) is 1.85. The third-order valence-corrected chi connectivity index (χ3v) is 4.29. The van der Waals surface area contributed by atoms with Crippen molar-refractivity contribution in [1.29, 1.82) is 0 Å². The highest BCUT2D eigenvalue weighted by molar-refractivity contribution is 5.91. The Kier molecular flexibility index (Phi) is 4.42. The third-order valence-electron chi connectivity index (χ3n) is 4.29. The van der Waals surface area contributed by atoms with Crippen LogP contribution in [0.1, 0.15) is 18.9 Å². The van der Waals surface area contributed by atoms with Crippen molar-refractivity contribution in [3.05, 3.63) is 60.2 Å². The number of carbonyl (C=O) groups excluding carboxylic acids is 1. The molecule has 4 nitrogen and oxygen atoms in total. The van der Waals surface area contributed by atoms with Crippen molar-refractivity contribution in [1.82, 2.24) is 0 Å². The largest absolute Gasteiger partial charge is 0.497 e. The summed E-state index contributed by atoms with van der Waals surface area (Å²) in [5.74, 6) is -1.37. The van der Waals surface area contributed by atoms with E-state index in [4.69, 9.17) is 9.47 Å². The maximum atomic E-state index is 15.5. The number of ether oxygens (including phenoxy) is 2. The summed E-state index contributed by atoms with van der Waals surface area (Å²) in [4.78, 5) is 13.7. The molecule has 0 bridgehead atoms. The van der Waals surface area contributed by atoms with Gasteiger partial charge < -0.3 is 9.47 Å². The number of methoxy groups -OCH3 is 1. The van der Waals surface area contributed by atoms with Crippen molar-refractivity contribution in [3.8, 4) is 5.75 Å². The first kappa shape index (κ1) is 16.3. The molecular formula is C19H20FNO3. The zero-order valence-electron chi connectivity index (χ0n) is 13.7. The molecule has 1 aliphatic heterocycles. The maximum Gasteiger partial charge on any atom is 0.417 e. The van der Waals surface area contributed by atoms with Crippen LogP contribution in [-0.4, -0.2) is 25.1 Å². The molecule has 1 heterocycles. The van der Waals surface area contributed by atoms with Gasteiger partial charge >= 0.3 is 6.09 Å². The van der Waals surface area contributed by atoms with Gasteiger partial charge in [-0.25, -0.2) is 4.79 Å². The number of anilines is 1. The van der Waals surface area contributed by atoms with Crippen LogP contribution in [0.2, 0.25) is 0 Å². The summed E-state index contributed by atoms with van der Waals surface area (Å²) in [6, 6.07) is 15.5. The van der Waals surface area contributed by atoms with Gasteiger partial charge in [-0.05, 0) is 36.2 Å². The molecule has 2 aromatic rings. The number of rotatable bonds is 5. The Morgan fingerprint density at radius 3 is 2.42 bits per heavy atom. The van der Waals surface area contributed by atoms with E-state index in [1.807, 2.05) is 37.3 Å². The van der Waals surface area contributed by atoms with E-state index >= 15 is 4.39 Å². The first-order chi connectivity index (χ1) is 11.6. The predicted molar refractivity (Wildman–Crippen MR) is 90.0 cm³/mol. The van der Waals surface area contributed by atoms with Gasteiger partial charge in [0.1, 0.15) is 11.8 Å². The van der Waals surface area contributed by atoms with Crippen LogP contribution in [0.15, 0.2) is 54.6 Å². The summed E-state index contributed by atoms with van der Waals surface area (Å²) < 4.78 is 25.8. The molecule has 2 aromatic carbocycles. The van der Waals surface area contributed by atoms with Crippen LogP contribution in [0.3, 0.4) is 0 Å². The van der Waals surface area contributed by atoms with Crippen LogP contribution in [0.25, 0.3) is 0 Å². The number of alkyl halides is 1. The lowest BCUT2D eigenvalue weighted by atomic mass is 9.97. The van der Waals surface area contributed by atoms with Crippen LogP contribution >= 0.6 is 0 Å². The summed E-state index contributed by atoms with van der Waals surface area (Å²) in [5.41, 5.74) is 1.39. The van der Waals surface area contributed by atoms with E-state index < -0.39 is 18.0 Å². The molecule has 1 aliphatic rings. The van der Waals surface area contributed by atoms with Crippen molar-refractivity contribution >= 4 is 11.8 Å². The van der Waals surface area contributed by atoms with E-state index in [1.165, 1.54) is 4.90 Å². The Morgan fingerprint density at radius 2 is 1.83 bits per heavy atom. The van der Waals surface area contributed by atoms with Crippen LogP contribution < -0.4 is 9.64 Å². The molecule has 5 heteroatoms. The molecule has 0 aromatic heterocycles. The van der Waals surface area contributed by atoms with Crippen LogP contribution in [-0.2, 0) is 11.2 Å². The maximum absolute atomic E-state index is 15.5. The van der Waals surface area contributed by atoms with Crippen LogP contribution in [0.5, 0.6) is 5.75 Å². The molecule has 0 N–H and O–H groups in total. The molecule has 24 heavy (non-hydrogen) atoms. The Balaban J connectivity index is 1.89. The second-order valence-corrected chi connectivity index (χ2v) is 5.81. The van der Waals surface area contributed by atoms with Gasteiger partial charge in [0.25, 0.3) is 5.85 Å². The molecule has 0 aliphatic carbocycles. The zero-order chi connectivity index (χ0) is 17.2. The second kappa shape index (κ2) is 6.51. The predicted octanol–water partition coefficient (Wildman–Crippen LogP) is 4.34. The van der Waals surface area contributed by atoms with Gasteiger partial charge in [-0.3, -0.25) is 4.90 Å². The highest BCUT2D eigenvalue weighted by Crippen LogP contribution is 2.39. The molecule has 0 spiro atoms. The zero-order valence-corrected chi connectivity index (χ0v) is 13.7. The molecule has 0 saturated carbocycles.